The first-order valence-corrected chi connectivity index (χ1v) is 10.3. The van der Waals surface area contributed by atoms with Crippen LogP contribution < -0.4 is 10.2 Å². The Balaban J connectivity index is 1.66. The van der Waals surface area contributed by atoms with Crippen LogP contribution in [0.3, 0.4) is 0 Å². The highest BCUT2D eigenvalue weighted by atomic mass is 15.4. The molecule has 150 valence electrons. The maximum atomic E-state index is 5.01. The zero-order valence-corrected chi connectivity index (χ0v) is 17.3. The molecule has 0 spiro atoms. The van der Waals surface area contributed by atoms with Crippen LogP contribution in [0.4, 0.5) is 5.95 Å². The highest BCUT2D eigenvalue weighted by Gasteiger charge is 2.22. The van der Waals surface area contributed by atoms with E-state index in [4.69, 9.17) is 4.99 Å². The van der Waals surface area contributed by atoms with Crippen molar-refractivity contribution >= 4 is 11.9 Å². The van der Waals surface area contributed by atoms with Gasteiger partial charge >= 0.3 is 0 Å². The first-order chi connectivity index (χ1) is 13.7. The summed E-state index contributed by atoms with van der Waals surface area (Å²) in [5, 5.41) is 3.48. The van der Waals surface area contributed by atoms with Gasteiger partial charge in [0.25, 0.3) is 0 Å². The summed E-state index contributed by atoms with van der Waals surface area (Å²) in [7, 11) is 0. The summed E-state index contributed by atoms with van der Waals surface area (Å²) in [6, 6.07) is 12.6. The van der Waals surface area contributed by atoms with E-state index in [1.165, 1.54) is 5.56 Å². The lowest BCUT2D eigenvalue weighted by atomic mass is 9.88. The Morgan fingerprint density at radius 3 is 2.32 bits per heavy atom. The summed E-state index contributed by atoms with van der Waals surface area (Å²) in [5.41, 5.74) is 1.36. The number of nitrogens with one attached hydrogen (secondary N) is 1. The molecule has 3 rings (SSSR count). The van der Waals surface area contributed by atoms with Crippen molar-refractivity contribution in [3.05, 3.63) is 54.4 Å². The minimum Gasteiger partial charge on any atom is -0.357 e. The molecule has 28 heavy (non-hydrogen) atoms. The van der Waals surface area contributed by atoms with Crippen molar-refractivity contribution in [3.8, 4) is 0 Å². The lowest BCUT2D eigenvalue weighted by Gasteiger charge is -2.36. The number of rotatable bonds is 6. The SMILES string of the molecule is CCNC(=NCC(c1ccccc1)C(C)C)N1CCN(c2ncccn2)CC1. The van der Waals surface area contributed by atoms with E-state index in [1.807, 2.05) is 6.07 Å². The van der Waals surface area contributed by atoms with Crippen LogP contribution in [0.25, 0.3) is 0 Å². The Kier molecular flexibility index (Phi) is 7.23. The molecule has 0 bridgehead atoms. The largest absolute Gasteiger partial charge is 0.357 e. The number of aliphatic imine (C=N–C) groups is 1. The van der Waals surface area contributed by atoms with Gasteiger partial charge in [-0.1, -0.05) is 44.2 Å². The van der Waals surface area contributed by atoms with E-state index in [2.05, 4.69) is 76.2 Å². The second-order valence-electron chi connectivity index (χ2n) is 7.48. The Bertz CT molecular complexity index is 723. The van der Waals surface area contributed by atoms with Crippen molar-refractivity contribution in [1.82, 2.24) is 20.2 Å². The van der Waals surface area contributed by atoms with Gasteiger partial charge in [0.1, 0.15) is 0 Å². The van der Waals surface area contributed by atoms with Gasteiger partial charge in [-0.15, -0.1) is 0 Å². The molecule has 2 aromatic rings. The molecule has 1 aromatic heterocycles. The number of piperazine rings is 1. The summed E-state index contributed by atoms with van der Waals surface area (Å²) >= 11 is 0. The minimum atomic E-state index is 0.425. The van der Waals surface area contributed by atoms with Crippen LogP contribution in [0.1, 0.15) is 32.3 Å². The Hall–Kier alpha value is -2.63. The van der Waals surface area contributed by atoms with Crippen LogP contribution in [0.15, 0.2) is 53.8 Å². The molecule has 2 heterocycles. The van der Waals surface area contributed by atoms with Crippen molar-refractivity contribution in [2.75, 3.05) is 44.2 Å². The average Bonchev–Trinajstić information content (AvgIpc) is 2.74. The van der Waals surface area contributed by atoms with Gasteiger partial charge < -0.3 is 15.1 Å². The van der Waals surface area contributed by atoms with E-state index in [1.54, 1.807) is 12.4 Å². The Morgan fingerprint density at radius 1 is 1.04 bits per heavy atom. The molecule has 0 aliphatic carbocycles. The standard InChI is InChI=1S/C22H32N6/c1-4-23-21(26-17-20(18(2)3)19-9-6-5-7-10-19)27-13-15-28(16-14-27)22-24-11-8-12-25-22/h5-12,18,20H,4,13-17H2,1-3H3,(H,23,26). The van der Waals surface area contributed by atoms with E-state index < -0.39 is 0 Å². The quantitative estimate of drug-likeness (QED) is 0.617. The second kappa shape index (κ2) is 10.1. The molecule has 1 unspecified atom stereocenters. The van der Waals surface area contributed by atoms with Crippen LogP contribution in [0.5, 0.6) is 0 Å². The lowest BCUT2D eigenvalue weighted by molar-refractivity contribution is 0.368. The first kappa shape index (κ1) is 20.1. The van der Waals surface area contributed by atoms with Crippen LogP contribution >= 0.6 is 0 Å². The fraction of sp³-hybridized carbons (Fsp3) is 0.500. The van der Waals surface area contributed by atoms with Gasteiger partial charge in [0.15, 0.2) is 5.96 Å². The van der Waals surface area contributed by atoms with E-state index in [9.17, 15) is 0 Å². The molecule has 0 radical (unpaired) electrons. The van der Waals surface area contributed by atoms with E-state index >= 15 is 0 Å². The predicted molar refractivity (Wildman–Crippen MR) is 116 cm³/mol. The summed E-state index contributed by atoms with van der Waals surface area (Å²) < 4.78 is 0. The van der Waals surface area contributed by atoms with Crippen molar-refractivity contribution in [2.24, 2.45) is 10.9 Å². The van der Waals surface area contributed by atoms with Crippen molar-refractivity contribution in [2.45, 2.75) is 26.7 Å². The predicted octanol–water partition coefficient (Wildman–Crippen LogP) is 3.00. The maximum absolute atomic E-state index is 5.01. The van der Waals surface area contributed by atoms with Crippen molar-refractivity contribution in [3.63, 3.8) is 0 Å². The minimum absolute atomic E-state index is 0.425. The number of anilines is 1. The van der Waals surface area contributed by atoms with Gasteiger partial charge in [0.05, 0.1) is 0 Å². The molecule has 1 atom stereocenters. The van der Waals surface area contributed by atoms with Gasteiger partial charge in [0, 0.05) is 57.6 Å². The van der Waals surface area contributed by atoms with E-state index in [0.717, 1.165) is 51.2 Å². The molecule has 1 aliphatic rings. The second-order valence-corrected chi connectivity index (χ2v) is 7.48. The van der Waals surface area contributed by atoms with Gasteiger partial charge in [-0.25, -0.2) is 9.97 Å². The fourth-order valence-corrected chi connectivity index (χ4v) is 3.58. The summed E-state index contributed by atoms with van der Waals surface area (Å²) in [5.74, 6) is 2.79. The van der Waals surface area contributed by atoms with Gasteiger partial charge in [0.2, 0.25) is 5.95 Å². The summed E-state index contributed by atoms with van der Waals surface area (Å²) in [6.45, 7) is 12.0. The smallest absolute Gasteiger partial charge is 0.225 e. The maximum Gasteiger partial charge on any atom is 0.225 e. The Labute approximate surface area is 168 Å². The molecule has 1 fully saturated rings. The highest BCUT2D eigenvalue weighted by Crippen LogP contribution is 2.24. The van der Waals surface area contributed by atoms with E-state index in [-0.39, 0.29) is 0 Å². The molecule has 6 heteroatoms. The number of guanidine groups is 1. The number of benzene rings is 1. The lowest BCUT2D eigenvalue weighted by Crippen LogP contribution is -2.53. The average molecular weight is 381 g/mol. The molecule has 1 saturated heterocycles. The summed E-state index contributed by atoms with van der Waals surface area (Å²) in [6.07, 6.45) is 3.60. The Morgan fingerprint density at radius 2 is 1.71 bits per heavy atom. The van der Waals surface area contributed by atoms with Gasteiger partial charge in [-0.2, -0.15) is 0 Å². The molecule has 6 nitrogen and oxygen atoms in total. The van der Waals surface area contributed by atoms with Gasteiger partial charge in [-0.3, -0.25) is 4.99 Å². The molecule has 1 aromatic carbocycles. The van der Waals surface area contributed by atoms with Crippen LogP contribution in [0, 0.1) is 5.92 Å². The molecule has 0 amide bonds. The molecule has 1 aliphatic heterocycles. The molecule has 0 saturated carbocycles. The third kappa shape index (κ3) is 5.21. The van der Waals surface area contributed by atoms with Crippen molar-refractivity contribution in [1.29, 1.82) is 0 Å². The highest BCUT2D eigenvalue weighted by molar-refractivity contribution is 5.80. The zero-order valence-electron chi connectivity index (χ0n) is 17.3. The summed E-state index contributed by atoms with van der Waals surface area (Å²) in [4.78, 5) is 18.3. The van der Waals surface area contributed by atoms with Crippen LogP contribution in [-0.4, -0.2) is 60.1 Å². The zero-order chi connectivity index (χ0) is 19.8. The molecular weight excluding hydrogens is 348 g/mol. The van der Waals surface area contributed by atoms with Crippen LogP contribution in [0.2, 0.25) is 0 Å². The number of hydrogen-bond donors (Lipinski definition) is 1. The monoisotopic (exact) mass is 380 g/mol. The number of hydrogen-bond acceptors (Lipinski definition) is 4. The number of nitrogens with zero attached hydrogens (tertiary/aromatic N) is 5. The van der Waals surface area contributed by atoms with E-state index in [0.29, 0.717) is 11.8 Å². The van der Waals surface area contributed by atoms with Crippen LogP contribution in [-0.2, 0) is 0 Å². The van der Waals surface area contributed by atoms with Crippen molar-refractivity contribution < 1.29 is 0 Å². The normalized spacial score (nSPS) is 16.4. The third-order valence-corrected chi connectivity index (χ3v) is 5.22. The topological polar surface area (TPSA) is 56.7 Å². The molecule has 1 N–H and O–H groups in total. The number of aromatic nitrogens is 2. The van der Waals surface area contributed by atoms with Gasteiger partial charge in [-0.05, 0) is 24.5 Å². The molecular formula is C22H32N6. The fourth-order valence-electron chi connectivity index (χ4n) is 3.58. The first-order valence-electron chi connectivity index (χ1n) is 10.3. The third-order valence-electron chi connectivity index (χ3n) is 5.22.